The van der Waals surface area contributed by atoms with E-state index in [4.69, 9.17) is 11.6 Å². The number of halogens is 2. The van der Waals surface area contributed by atoms with Crippen LogP contribution in [0.1, 0.15) is 35.8 Å². The molecular formula is C22H23ClFN5O2. The molecular weight excluding hydrogens is 421 g/mol. The zero-order chi connectivity index (χ0) is 22.1. The number of hydrogen-bond acceptors (Lipinski definition) is 4. The van der Waals surface area contributed by atoms with Crippen molar-refractivity contribution in [3.63, 3.8) is 0 Å². The van der Waals surface area contributed by atoms with Crippen molar-refractivity contribution in [2.45, 2.75) is 39.2 Å². The Morgan fingerprint density at radius 1 is 1.16 bits per heavy atom. The summed E-state index contributed by atoms with van der Waals surface area (Å²) in [5.41, 5.74) is 1.83. The van der Waals surface area contributed by atoms with Crippen LogP contribution in [-0.2, 0) is 11.2 Å². The Kier molecular flexibility index (Phi) is 5.91. The summed E-state index contributed by atoms with van der Waals surface area (Å²) in [4.78, 5) is 26.8. The van der Waals surface area contributed by atoms with Crippen molar-refractivity contribution in [3.8, 4) is 5.82 Å². The van der Waals surface area contributed by atoms with Gasteiger partial charge < -0.3 is 4.90 Å². The molecule has 9 heteroatoms. The van der Waals surface area contributed by atoms with E-state index < -0.39 is 5.82 Å². The van der Waals surface area contributed by atoms with Crippen molar-refractivity contribution in [1.29, 1.82) is 0 Å². The van der Waals surface area contributed by atoms with Crippen LogP contribution in [0, 0.1) is 19.7 Å². The van der Waals surface area contributed by atoms with Crippen molar-refractivity contribution >= 4 is 17.5 Å². The zero-order valence-electron chi connectivity index (χ0n) is 17.4. The third-order valence-electron chi connectivity index (χ3n) is 5.59. The summed E-state index contributed by atoms with van der Waals surface area (Å²) in [6, 6.07) is 9.38. The number of piperidine rings is 1. The molecule has 2 aromatic heterocycles. The largest absolute Gasteiger partial charge is 0.342 e. The fourth-order valence-electron chi connectivity index (χ4n) is 3.97. The Balaban J connectivity index is 1.46. The number of aryl methyl sites for hydroxylation is 2. The van der Waals surface area contributed by atoms with E-state index in [9.17, 15) is 14.0 Å². The lowest BCUT2D eigenvalue weighted by molar-refractivity contribution is -0.131. The molecule has 0 bridgehead atoms. The average molecular weight is 444 g/mol. The lowest BCUT2D eigenvalue weighted by atomic mass is 10.0. The van der Waals surface area contributed by atoms with Crippen LogP contribution in [0.5, 0.6) is 0 Å². The fraction of sp³-hybridized carbons (Fsp3) is 0.364. The molecule has 1 amide bonds. The summed E-state index contributed by atoms with van der Waals surface area (Å²) >= 11 is 6.05. The summed E-state index contributed by atoms with van der Waals surface area (Å²) in [6.07, 6.45) is 1.09. The molecule has 0 aliphatic carbocycles. The maximum Gasteiger partial charge on any atom is 0.267 e. The molecule has 7 nitrogen and oxygen atoms in total. The zero-order valence-corrected chi connectivity index (χ0v) is 18.1. The second kappa shape index (κ2) is 8.63. The van der Waals surface area contributed by atoms with Gasteiger partial charge in [0.1, 0.15) is 5.82 Å². The van der Waals surface area contributed by atoms with Gasteiger partial charge in [-0.1, -0.05) is 17.7 Å². The van der Waals surface area contributed by atoms with Crippen LogP contribution in [0.2, 0.25) is 5.02 Å². The number of nitrogens with zero attached hydrogens (tertiary/aromatic N) is 5. The smallest absolute Gasteiger partial charge is 0.267 e. The van der Waals surface area contributed by atoms with Gasteiger partial charge in [-0.2, -0.15) is 5.10 Å². The highest BCUT2D eigenvalue weighted by molar-refractivity contribution is 6.31. The van der Waals surface area contributed by atoms with E-state index in [1.807, 2.05) is 19.9 Å². The van der Waals surface area contributed by atoms with Gasteiger partial charge in [-0.05, 0) is 51.0 Å². The van der Waals surface area contributed by atoms with Crippen molar-refractivity contribution in [1.82, 2.24) is 24.5 Å². The van der Waals surface area contributed by atoms with Gasteiger partial charge in [0.05, 0.1) is 18.2 Å². The fourth-order valence-corrected chi connectivity index (χ4v) is 4.20. The van der Waals surface area contributed by atoms with E-state index in [1.165, 1.54) is 22.9 Å². The first-order valence-corrected chi connectivity index (χ1v) is 10.6. The highest BCUT2D eigenvalue weighted by atomic mass is 35.5. The average Bonchev–Trinajstić information content (AvgIpc) is 3.09. The quantitative estimate of drug-likeness (QED) is 0.620. The van der Waals surface area contributed by atoms with Crippen LogP contribution in [0.3, 0.4) is 0 Å². The van der Waals surface area contributed by atoms with Gasteiger partial charge in [-0.3, -0.25) is 9.59 Å². The van der Waals surface area contributed by atoms with Gasteiger partial charge in [0, 0.05) is 35.4 Å². The number of aromatic nitrogens is 4. The Bertz CT molecular complexity index is 1160. The predicted molar refractivity (Wildman–Crippen MR) is 115 cm³/mol. The minimum Gasteiger partial charge on any atom is -0.342 e. The summed E-state index contributed by atoms with van der Waals surface area (Å²) < 4.78 is 17.2. The summed E-state index contributed by atoms with van der Waals surface area (Å²) in [6.45, 7) is 4.77. The van der Waals surface area contributed by atoms with Gasteiger partial charge in [0.2, 0.25) is 5.91 Å². The maximum absolute atomic E-state index is 14.0. The molecule has 1 saturated heterocycles. The highest BCUT2D eigenvalue weighted by Gasteiger charge is 2.26. The topological polar surface area (TPSA) is 73.0 Å². The minimum absolute atomic E-state index is 0.0816. The van der Waals surface area contributed by atoms with Crippen LogP contribution < -0.4 is 5.56 Å². The van der Waals surface area contributed by atoms with E-state index in [2.05, 4.69) is 10.2 Å². The Labute approximate surface area is 184 Å². The molecule has 1 aliphatic rings. The number of amides is 1. The van der Waals surface area contributed by atoms with Crippen molar-refractivity contribution < 1.29 is 9.18 Å². The van der Waals surface area contributed by atoms with Crippen molar-refractivity contribution in [2.24, 2.45) is 0 Å². The lowest BCUT2D eigenvalue weighted by Crippen LogP contribution is -2.42. The minimum atomic E-state index is -0.479. The molecule has 0 unspecified atom stereocenters. The normalized spacial score (nSPS) is 14.8. The molecule has 1 aliphatic heterocycles. The van der Waals surface area contributed by atoms with Gasteiger partial charge in [0.15, 0.2) is 5.82 Å². The molecule has 3 aromatic rings. The number of rotatable bonds is 4. The monoisotopic (exact) mass is 443 g/mol. The summed E-state index contributed by atoms with van der Waals surface area (Å²) in [7, 11) is 0. The molecule has 0 radical (unpaired) electrons. The first-order chi connectivity index (χ1) is 14.8. The number of carbonyl (C=O) groups is 1. The summed E-state index contributed by atoms with van der Waals surface area (Å²) in [5.74, 6) is -0.0764. The number of carbonyl (C=O) groups excluding carboxylic acids is 1. The predicted octanol–water partition coefficient (Wildman–Crippen LogP) is 3.24. The van der Waals surface area contributed by atoms with Gasteiger partial charge in [-0.15, -0.1) is 5.10 Å². The molecule has 0 N–H and O–H groups in total. The molecule has 0 atom stereocenters. The van der Waals surface area contributed by atoms with Gasteiger partial charge in [-0.25, -0.2) is 13.8 Å². The number of hydrogen-bond donors (Lipinski definition) is 0. The third-order valence-corrected chi connectivity index (χ3v) is 5.94. The van der Waals surface area contributed by atoms with Crippen molar-refractivity contribution in [2.75, 3.05) is 13.1 Å². The molecule has 3 heterocycles. The van der Waals surface area contributed by atoms with E-state index in [0.29, 0.717) is 31.7 Å². The lowest BCUT2D eigenvalue weighted by Gasteiger charge is -2.32. The molecule has 31 heavy (non-hydrogen) atoms. The standard InChI is InChI=1S/C22H23ClFN5O2/c1-14-12-15(2)28(25-14)20-6-7-21(30)29(26-20)16-8-10-27(11-9-16)22(31)13-17-18(23)4-3-5-19(17)24/h3-7,12,16H,8-11,13H2,1-2H3. The maximum atomic E-state index is 14.0. The van der Waals surface area contributed by atoms with Crippen LogP contribution in [0.25, 0.3) is 5.82 Å². The first-order valence-electron chi connectivity index (χ1n) is 10.2. The number of likely N-dealkylation sites (tertiary alicyclic amines) is 1. The molecule has 162 valence electrons. The molecule has 0 spiro atoms. The molecule has 1 fully saturated rings. The molecule has 4 rings (SSSR count). The van der Waals surface area contributed by atoms with Crippen LogP contribution >= 0.6 is 11.6 Å². The second-order valence-electron chi connectivity index (χ2n) is 7.80. The van der Waals surface area contributed by atoms with Crippen LogP contribution in [0.15, 0.2) is 41.2 Å². The Hall–Kier alpha value is -3.00. The number of benzene rings is 1. The summed E-state index contributed by atoms with van der Waals surface area (Å²) in [5, 5.41) is 9.22. The van der Waals surface area contributed by atoms with E-state index in [1.54, 1.807) is 21.7 Å². The van der Waals surface area contributed by atoms with E-state index >= 15 is 0 Å². The molecule has 0 saturated carbocycles. The van der Waals surface area contributed by atoms with Gasteiger partial charge in [0.25, 0.3) is 5.56 Å². The third kappa shape index (κ3) is 4.39. The Morgan fingerprint density at radius 2 is 1.90 bits per heavy atom. The Morgan fingerprint density at radius 3 is 2.55 bits per heavy atom. The SMILES string of the molecule is Cc1cc(C)n(-c2ccc(=O)n(C3CCN(C(=O)Cc4c(F)cccc4Cl)CC3)n2)n1. The van der Waals surface area contributed by atoms with Crippen LogP contribution in [0.4, 0.5) is 4.39 Å². The highest BCUT2D eigenvalue weighted by Crippen LogP contribution is 2.24. The van der Waals surface area contributed by atoms with Gasteiger partial charge >= 0.3 is 0 Å². The van der Waals surface area contributed by atoms with Crippen molar-refractivity contribution in [3.05, 3.63) is 74.5 Å². The second-order valence-corrected chi connectivity index (χ2v) is 8.21. The first kappa shape index (κ1) is 21.2. The van der Waals surface area contributed by atoms with Crippen LogP contribution in [-0.4, -0.2) is 43.5 Å². The van der Waals surface area contributed by atoms with E-state index in [-0.39, 0.29) is 34.5 Å². The van der Waals surface area contributed by atoms with E-state index in [0.717, 1.165) is 11.4 Å². The molecule has 1 aromatic carbocycles.